The zero-order valence-corrected chi connectivity index (χ0v) is 12.3. The molecule has 0 aliphatic carbocycles. The van der Waals surface area contributed by atoms with Crippen LogP contribution >= 0.6 is 11.3 Å². The van der Waals surface area contributed by atoms with Crippen LogP contribution in [-0.2, 0) is 0 Å². The van der Waals surface area contributed by atoms with E-state index in [0.29, 0.717) is 18.8 Å². The average Bonchev–Trinajstić information content (AvgIpc) is 2.98. The van der Waals surface area contributed by atoms with E-state index in [1.54, 1.807) is 22.4 Å². The SMILES string of the molecule is NC1CCN(C(=O)c2csc(-c3ccc(F)cc3)n2)CC1. The number of halogens is 1. The summed E-state index contributed by atoms with van der Waals surface area (Å²) in [5.74, 6) is -0.331. The van der Waals surface area contributed by atoms with Crippen LogP contribution in [0.1, 0.15) is 23.3 Å². The van der Waals surface area contributed by atoms with Gasteiger partial charge in [-0.15, -0.1) is 11.3 Å². The number of nitrogens with zero attached hydrogens (tertiary/aromatic N) is 2. The third kappa shape index (κ3) is 3.11. The number of amides is 1. The number of likely N-dealkylation sites (tertiary alicyclic amines) is 1. The van der Waals surface area contributed by atoms with Crippen molar-refractivity contribution >= 4 is 17.2 Å². The van der Waals surface area contributed by atoms with Crippen molar-refractivity contribution in [2.75, 3.05) is 13.1 Å². The molecule has 1 fully saturated rings. The van der Waals surface area contributed by atoms with Crippen LogP contribution in [0, 0.1) is 5.82 Å². The summed E-state index contributed by atoms with van der Waals surface area (Å²) in [6, 6.07) is 6.32. The van der Waals surface area contributed by atoms with Gasteiger partial charge in [-0.1, -0.05) is 0 Å². The summed E-state index contributed by atoms with van der Waals surface area (Å²) >= 11 is 1.40. The number of thiazole rings is 1. The first-order chi connectivity index (χ1) is 10.1. The van der Waals surface area contributed by atoms with Gasteiger partial charge in [-0.2, -0.15) is 0 Å². The van der Waals surface area contributed by atoms with E-state index in [4.69, 9.17) is 5.73 Å². The molecule has 2 heterocycles. The fourth-order valence-electron chi connectivity index (χ4n) is 2.36. The van der Waals surface area contributed by atoms with E-state index in [2.05, 4.69) is 4.98 Å². The minimum absolute atomic E-state index is 0.0495. The van der Waals surface area contributed by atoms with Crippen molar-refractivity contribution in [3.05, 3.63) is 41.2 Å². The highest BCUT2D eigenvalue weighted by atomic mass is 32.1. The van der Waals surface area contributed by atoms with E-state index in [1.807, 2.05) is 0 Å². The van der Waals surface area contributed by atoms with Crippen molar-refractivity contribution in [2.45, 2.75) is 18.9 Å². The molecule has 0 bridgehead atoms. The van der Waals surface area contributed by atoms with Crippen molar-refractivity contribution in [2.24, 2.45) is 5.73 Å². The number of carbonyl (C=O) groups excluding carboxylic acids is 1. The number of aromatic nitrogens is 1. The van der Waals surface area contributed by atoms with Gasteiger partial charge in [0, 0.05) is 30.1 Å². The molecule has 1 saturated heterocycles. The number of benzene rings is 1. The molecule has 0 radical (unpaired) electrons. The predicted octanol–water partition coefficient (Wildman–Crippen LogP) is 2.51. The normalized spacial score (nSPS) is 16.2. The Bertz CT molecular complexity index is 633. The maximum atomic E-state index is 12.9. The summed E-state index contributed by atoms with van der Waals surface area (Å²) in [4.78, 5) is 18.6. The Morgan fingerprint density at radius 1 is 1.29 bits per heavy atom. The first-order valence-electron chi connectivity index (χ1n) is 6.90. The van der Waals surface area contributed by atoms with Crippen molar-refractivity contribution in [3.8, 4) is 10.6 Å². The number of rotatable bonds is 2. The summed E-state index contributed by atoms with van der Waals surface area (Å²) in [6.07, 6.45) is 1.67. The second-order valence-electron chi connectivity index (χ2n) is 5.17. The lowest BCUT2D eigenvalue weighted by molar-refractivity contribution is 0.0709. The standard InChI is InChI=1S/C15H16FN3OS/c16-11-3-1-10(2-4-11)14-18-13(9-21-14)15(20)19-7-5-12(17)6-8-19/h1-4,9,12H,5-8,17H2. The largest absolute Gasteiger partial charge is 0.337 e. The van der Waals surface area contributed by atoms with Gasteiger partial charge in [0.1, 0.15) is 16.5 Å². The van der Waals surface area contributed by atoms with Crippen LogP contribution in [0.15, 0.2) is 29.6 Å². The monoisotopic (exact) mass is 305 g/mol. The summed E-state index contributed by atoms with van der Waals surface area (Å²) in [7, 11) is 0. The summed E-state index contributed by atoms with van der Waals surface area (Å²) in [6.45, 7) is 1.37. The molecule has 2 N–H and O–H groups in total. The summed E-state index contributed by atoms with van der Waals surface area (Å²) in [5, 5.41) is 2.49. The molecule has 0 spiro atoms. The maximum Gasteiger partial charge on any atom is 0.273 e. The quantitative estimate of drug-likeness (QED) is 0.927. The van der Waals surface area contributed by atoms with Crippen molar-refractivity contribution < 1.29 is 9.18 Å². The molecule has 1 aliphatic heterocycles. The third-order valence-corrected chi connectivity index (χ3v) is 4.53. The van der Waals surface area contributed by atoms with Gasteiger partial charge in [-0.3, -0.25) is 4.79 Å². The van der Waals surface area contributed by atoms with E-state index in [0.717, 1.165) is 23.4 Å². The van der Waals surface area contributed by atoms with Gasteiger partial charge in [-0.25, -0.2) is 9.37 Å². The Labute approximate surface area is 126 Å². The molecular weight excluding hydrogens is 289 g/mol. The van der Waals surface area contributed by atoms with Gasteiger partial charge in [-0.05, 0) is 37.1 Å². The molecule has 0 unspecified atom stereocenters. The molecule has 0 atom stereocenters. The Kier molecular flexibility index (Phi) is 3.98. The first-order valence-corrected chi connectivity index (χ1v) is 7.78. The summed E-state index contributed by atoms with van der Waals surface area (Å²) in [5.41, 5.74) is 7.12. The first kappa shape index (κ1) is 14.2. The van der Waals surface area contributed by atoms with Crippen LogP contribution in [0.5, 0.6) is 0 Å². The molecule has 1 aliphatic rings. The number of carbonyl (C=O) groups is 1. The second-order valence-corrected chi connectivity index (χ2v) is 6.03. The fourth-order valence-corrected chi connectivity index (χ4v) is 3.16. The second kappa shape index (κ2) is 5.91. The number of piperidine rings is 1. The molecule has 1 aromatic carbocycles. The van der Waals surface area contributed by atoms with E-state index >= 15 is 0 Å². The lowest BCUT2D eigenvalue weighted by Crippen LogP contribution is -2.42. The number of nitrogens with two attached hydrogens (primary N) is 1. The minimum atomic E-state index is -0.281. The maximum absolute atomic E-state index is 12.9. The molecule has 4 nitrogen and oxygen atoms in total. The Hall–Kier alpha value is -1.79. The topological polar surface area (TPSA) is 59.2 Å². The highest BCUT2D eigenvalue weighted by Gasteiger charge is 2.23. The van der Waals surface area contributed by atoms with Crippen LogP contribution in [0.3, 0.4) is 0 Å². The van der Waals surface area contributed by atoms with Crippen LogP contribution < -0.4 is 5.73 Å². The molecule has 21 heavy (non-hydrogen) atoms. The van der Waals surface area contributed by atoms with Crippen molar-refractivity contribution in [1.82, 2.24) is 9.88 Å². The fraction of sp³-hybridized carbons (Fsp3) is 0.333. The zero-order chi connectivity index (χ0) is 14.8. The van der Waals surface area contributed by atoms with E-state index in [9.17, 15) is 9.18 Å². The van der Waals surface area contributed by atoms with E-state index in [-0.39, 0.29) is 17.8 Å². The van der Waals surface area contributed by atoms with Crippen LogP contribution in [-0.4, -0.2) is 34.9 Å². The third-order valence-electron chi connectivity index (χ3n) is 3.64. The smallest absolute Gasteiger partial charge is 0.273 e. The average molecular weight is 305 g/mol. The molecule has 3 rings (SSSR count). The molecular formula is C15H16FN3OS. The Balaban J connectivity index is 1.75. The number of hydrogen-bond donors (Lipinski definition) is 1. The lowest BCUT2D eigenvalue weighted by Gasteiger charge is -2.29. The minimum Gasteiger partial charge on any atom is -0.337 e. The summed E-state index contributed by atoms with van der Waals surface area (Å²) < 4.78 is 12.9. The van der Waals surface area contributed by atoms with Crippen molar-refractivity contribution in [1.29, 1.82) is 0 Å². The van der Waals surface area contributed by atoms with Gasteiger partial charge < -0.3 is 10.6 Å². The molecule has 0 saturated carbocycles. The zero-order valence-electron chi connectivity index (χ0n) is 11.5. The molecule has 2 aromatic rings. The molecule has 1 amide bonds. The molecule has 6 heteroatoms. The highest BCUT2D eigenvalue weighted by Crippen LogP contribution is 2.25. The van der Waals surface area contributed by atoms with Gasteiger partial charge in [0.15, 0.2) is 0 Å². The van der Waals surface area contributed by atoms with Gasteiger partial charge >= 0.3 is 0 Å². The van der Waals surface area contributed by atoms with Gasteiger partial charge in [0.2, 0.25) is 0 Å². The molecule has 110 valence electrons. The Morgan fingerprint density at radius 3 is 2.62 bits per heavy atom. The van der Waals surface area contributed by atoms with Crippen LogP contribution in [0.2, 0.25) is 0 Å². The highest BCUT2D eigenvalue weighted by molar-refractivity contribution is 7.13. The van der Waals surface area contributed by atoms with Crippen molar-refractivity contribution in [3.63, 3.8) is 0 Å². The van der Waals surface area contributed by atoms with E-state index in [1.165, 1.54) is 23.5 Å². The predicted molar refractivity (Wildman–Crippen MR) is 80.6 cm³/mol. The lowest BCUT2D eigenvalue weighted by atomic mass is 10.1. The molecule has 1 aromatic heterocycles. The van der Waals surface area contributed by atoms with Crippen LogP contribution in [0.25, 0.3) is 10.6 Å². The number of hydrogen-bond acceptors (Lipinski definition) is 4. The van der Waals surface area contributed by atoms with Gasteiger partial charge in [0.05, 0.1) is 0 Å². The van der Waals surface area contributed by atoms with Gasteiger partial charge in [0.25, 0.3) is 5.91 Å². The van der Waals surface area contributed by atoms with Crippen LogP contribution in [0.4, 0.5) is 4.39 Å². The Morgan fingerprint density at radius 2 is 1.95 bits per heavy atom. The van der Waals surface area contributed by atoms with E-state index < -0.39 is 0 Å².